The Hall–Kier alpha value is -1.04. The standard InChI is InChI=1S/C15H18BrF3O2/c1-3-5-10(6-4-2)14(20)12-8-7-11(16)9-13(12)21-15(17,18)19/h7-10H,3-6H2,1-2H3. The van der Waals surface area contributed by atoms with Gasteiger partial charge in [-0.3, -0.25) is 4.79 Å². The second kappa shape index (κ2) is 7.82. The first kappa shape index (κ1) is 18.0. The third kappa shape index (κ3) is 5.69. The van der Waals surface area contributed by atoms with Crippen LogP contribution in [0.3, 0.4) is 0 Å². The Bertz CT molecular complexity index is 480. The van der Waals surface area contributed by atoms with E-state index >= 15 is 0 Å². The maximum atomic E-state index is 12.5. The molecule has 0 saturated carbocycles. The molecule has 1 rings (SSSR count). The molecule has 0 atom stereocenters. The summed E-state index contributed by atoms with van der Waals surface area (Å²) in [6, 6.07) is 4.10. The lowest BCUT2D eigenvalue weighted by molar-refractivity contribution is -0.274. The first-order valence-electron chi connectivity index (χ1n) is 6.88. The minimum absolute atomic E-state index is 0.0116. The van der Waals surface area contributed by atoms with Gasteiger partial charge in [-0.15, -0.1) is 13.2 Å². The van der Waals surface area contributed by atoms with Crippen molar-refractivity contribution in [2.45, 2.75) is 45.9 Å². The highest BCUT2D eigenvalue weighted by atomic mass is 79.9. The Morgan fingerprint density at radius 2 is 1.81 bits per heavy atom. The summed E-state index contributed by atoms with van der Waals surface area (Å²) in [6.45, 7) is 3.90. The molecule has 118 valence electrons. The van der Waals surface area contributed by atoms with Gasteiger partial charge < -0.3 is 4.74 Å². The van der Waals surface area contributed by atoms with E-state index < -0.39 is 12.1 Å². The third-order valence-electron chi connectivity index (χ3n) is 3.08. The van der Waals surface area contributed by atoms with Crippen molar-refractivity contribution in [3.8, 4) is 5.75 Å². The zero-order valence-electron chi connectivity index (χ0n) is 12.0. The molecule has 0 unspecified atom stereocenters. The summed E-state index contributed by atoms with van der Waals surface area (Å²) in [5.74, 6) is -0.999. The van der Waals surface area contributed by atoms with Gasteiger partial charge in [0.1, 0.15) is 5.75 Å². The summed E-state index contributed by atoms with van der Waals surface area (Å²) < 4.78 is 41.8. The Kier molecular flexibility index (Phi) is 6.71. The number of ether oxygens (including phenoxy) is 1. The quantitative estimate of drug-likeness (QED) is 0.574. The van der Waals surface area contributed by atoms with Gasteiger partial charge in [-0.2, -0.15) is 0 Å². The summed E-state index contributed by atoms with van der Waals surface area (Å²) in [5, 5.41) is 0. The molecule has 0 aliphatic carbocycles. The SMILES string of the molecule is CCCC(CCC)C(=O)c1ccc(Br)cc1OC(F)(F)F. The van der Waals surface area contributed by atoms with Crippen molar-refractivity contribution < 1.29 is 22.7 Å². The molecule has 6 heteroatoms. The summed E-state index contributed by atoms with van der Waals surface area (Å²) in [7, 11) is 0. The molecular formula is C15H18BrF3O2. The van der Waals surface area contributed by atoms with Crippen LogP contribution in [0.1, 0.15) is 49.9 Å². The van der Waals surface area contributed by atoms with Gasteiger partial charge >= 0.3 is 6.36 Å². The number of carbonyl (C=O) groups excluding carboxylic acids is 1. The summed E-state index contributed by atoms with van der Waals surface area (Å²) in [5.41, 5.74) is -0.0116. The number of ketones is 1. The van der Waals surface area contributed by atoms with Gasteiger partial charge in [-0.05, 0) is 31.0 Å². The normalized spacial score (nSPS) is 11.8. The third-order valence-corrected chi connectivity index (χ3v) is 3.57. The van der Waals surface area contributed by atoms with Crippen LogP contribution in [0.5, 0.6) is 5.75 Å². The molecule has 0 fully saturated rings. The fraction of sp³-hybridized carbons (Fsp3) is 0.533. The fourth-order valence-electron chi connectivity index (χ4n) is 2.23. The maximum absolute atomic E-state index is 12.5. The van der Waals surface area contributed by atoms with Gasteiger partial charge in [0.25, 0.3) is 0 Å². The average Bonchev–Trinajstić information content (AvgIpc) is 2.36. The number of hydrogen-bond donors (Lipinski definition) is 0. The zero-order chi connectivity index (χ0) is 16.0. The van der Waals surface area contributed by atoms with Gasteiger partial charge in [0.15, 0.2) is 5.78 Å². The molecule has 0 N–H and O–H groups in total. The highest BCUT2D eigenvalue weighted by Gasteiger charge is 2.33. The van der Waals surface area contributed by atoms with Crippen molar-refractivity contribution in [1.29, 1.82) is 0 Å². The molecule has 0 radical (unpaired) electrons. The average molecular weight is 367 g/mol. The minimum Gasteiger partial charge on any atom is -0.405 e. The summed E-state index contributed by atoms with van der Waals surface area (Å²) in [6.07, 6.45) is -1.88. The summed E-state index contributed by atoms with van der Waals surface area (Å²) >= 11 is 3.09. The lowest BCUT2D eigenvalue weighted by Gasteiger charge is -2.18. The van der Waals surface area contributed by atoms with E-state index in [-0.39, 0.29) is 17.3 Å². The van der Waals surface area contributed by atoms with Crippen molar-refractivity contribution in [2.24, 2.45) is 5.92 Å². The Morgan fingerprint density at radius 3 is 2.29 bits per heavy atom. The Labute approximate surface area is 130 Å². The van der Waals surface area contributed by atoms with Crippen molar-refractivity contribution in [1.82, 2.24) is 0 Å². The van der Waals surface area contributed by atoms with E-state index in [0.717, 1.165) is 12.8 Å². The number of halogens is 4. The molecule has 2 nitrogen and oxygen atoms in total. The Balaban J connectivity index is 3.12. The number of carbonyl (C=O) groups is 1. The Morgan fingerprint density at radius 1 is 1.24 bits per heavy atom. The molecule has 0 aromatic heterocycles. The topological polar surface area (TPSA) is 26.3 Å². The van der Waals surface area contributed by atoms with Crippen molar-refractivity contribution in [3.05, 3.63) is 28.2 Å². The smallest absolute Gasteiger partial charge is 0.405 e. The van der Waals surface area contributed by atoms with Crippen molar-refractivity contribution in [2.75, 3.05) is 0 Å². The van der Waals surface area contributed by atoms with E-state index in [1.165, 1.54) is 12.1 Å². The van der Waals surface area contributed by atoms with E-state index in [1.807, 2.05) is 13.8 Å². The molecule has 0 saturated heterocycles. The van der Waals surface area contributed by atoms with Gasteiger partial charge in [0.05, 0.1) is 5.56 Å². The second-order valence-electron chi connectivity index (χ2n) is 4.83. The van der Waals surface area contributed by atoms with E-state index in [2.05, 4.69) is 20.7 Å². The molecule has 0 amide bonds. The minimum atomic E-state index is -4.82. The zero-order valence-corrected chi connectivity index (χ0v) is 13.6. The first-order chi connectivity index (χ1) is 9.78. The number of hydrogen-bond acceptors (Lipinski definition) is 2. The molecule has 0 spiro atoms. The van der Waals surface area contributed by atoms with Gasteiger partial charge in [-0.1, -0.05) is 42.6 Å². The van der Waals surface area contributed by atoms with Crippen LogP contribution >= 0.6 is 15.9 Å². The molecule has 1 aromatic carbocycles. The monoisotopic (exact) mass is 366 g/mol. The molecule has 0 aliphatic rings. The van der Waals surface area contributed by atoms with E-state index in [0.29, 0.717) is 17.3 Å². The van der Waals surface area contributed by atoms with Gasteiger partial charge in [-0.25, -0.2) is 0 Å². The molecule has 0 bridgehead atoms. The number of alkyl halides is 3. The van der Waals surface area contributed by atoms with Crippen LogP contribution in [0.15, 0.2) is 22.7 Å². The van der Waals surface area contributed by atoms with Crippen LogP contribution in [0.2, 0.25) is 0 Å². The largest absolute Gasteiger partial charge is 0.573 e. The number of benzene rings is 1. The predicted octanol–water partition coefficient (Wildman–Crippen LogP) is 5.75. The van der Waals surface area contributed by atoms with Crippen LogP contribution in [0, 0.1) is 5.92 Å². The fourth-order valence-corrected chi connectivity index (χ4v) is 2.57. The molecule has 0 aliphatic heterocycles. The molecule has 0 heterocycles. The number of rotatable bonds is 7. The first-order valence-corrected chi connectivity index (χ1v) is 7.67. The van der Waals surface area contributed by atoms with Crippen molar-refractivity contribution >= 4 is 21.7 Å². The van der Waals surface area contributed by atoms with Crippen LogP contribution in [0.25, 0.3) is 0 Å². The van der Waals surface area contributed by atoms with Crippen LogP contribution < -0.4 is 4.74 Å². The maximum Gasteiger partial charge on any atom is 0.573 e. The van der Waals surface area contributed by atoms with Crippen LogP contribution in [0.4, 0.5) is 13.2 Å². The second-order valence-corrected chi connectivity index (χ2v) is 5.74. The van der Waals surface area contributed by atoms with Crippen molar-refractivity contribution in [3.63, 3.8) is 0 Å². The molecule has 1 aromatic rings. The summed E-state index contributed by atoms with van der Waals surface area (Å²) in [4.78, 5) is 12.5. The van der Waals surface area contributed by atoms with Crippen LogP contribution in [-0.4, -0.2) is 12.1 Å². The van der Waals surface area contributed by atoms with E-state index in [1.54, 1.807) is 6.07 Å². The highest BCUT2D eigenvalue weighted by molar-refractivity contribution is 9.10. The molecule has 21 heavy (non-hydrogen) atoms. The van der Waals surface area contributed by atoms with Crippen LogP contribution in [-0.2, 0) is 0 Å². The lowest BCUT2D eigenvalue weighted by atomic mass is 9.89. The van der Waals surface area contributed by atoms with E-state index in [9.17, 15) is 18.0 Å². The van der Waals surface area contributed by atoms with Gasteiger partial charge in [0.2, 0.25) is 0 Å². The lowest BCUT2D eigenvalue weighted by Crippen LogP contribution is -2.21. The van der Waals surface area contributed by atoms with Gasteiger partial charge in [0, 0.05) is 10.4 Å². The molecular weight excluding hydrogens is 349 g/mol. The predicted molar refractivity (Wildman–Crippen MR) is 78.5 cm³/mol. The number of Topliss-reactive ketones (excluding diaryl/α,β-unsaturated/α-hetero) is 1. The van der Waals surface area contributed by atoms with E-state index in [4.69, 9.17) is 0 Å². The highest BCUT2D eigenvalue weighted by Crippen LogP contribution is 2.32.